The average Bonchev–Trinajstić information content (AvgIpc) is 2.39. The Bertz CT molecular complexity index is 410. The second kappa shape index (κ2) is 8.91. The summed E-state index contributed by atoms with van der Waals surface area (Å²) in [7, 11) is 0. The highest BCUT2D eigenvalue weighted by atomic mass is 79.9. The van der Waals surface area contributed by atoms with Gasteiger partial charge in [-0.15, -0.1) is 0 Å². The number of rotatable bonds is 9. The van der Waals surface area contributed by atoms with Gasteiger partial charge >= 0.3 is 5.69 Å². The summed E-state index contributed by atoms with van der Waals surface area (Å²) in [5.74, 6) is 0.349. The summed E-state index contributed by atoms with van der Waals surface area (Å²) in [6.07, 6.45) is 7.04. The molecule has 1 rings (SSSR count). The van der Waals surface area contributed by atoms with Crippen LogP contribution in [-0.2, 0) is 0 Å². The predicted octanol–water partition coefficient (Wildman–Crippen LogP) is 5.10. The lowest BCUT2D eigenvalue weighted by molar-refractivity contribution is -0.385. The van der Waals surface area contributed by atoms with E-state index in [1.165, 1.54) is 31.7 Å². The fraction of sp³-hybridized carbons (Fsp3) is 0.571. The minimum Gasteiger partial charge on any atom is -0.487 e. The predicted molar refractivity (Wildman–Crippen MR) is 79.7 cm³/mol. The molecule has 106 valence electrons. The maximum Gasteiger partial charge on any atom is 0.312 e. The van der Waals surface area contributed by atoms with Crippen LogP contribution in [0.15, 0.2) is 22.7 Å². The Labute approximate surface area is 122 Å². The molecule has 1 aromatic carbocycles. The molecule has 0 saturated heterocycles. The van der Waals surface area contributed by atoms with E-state index in [2.05, 4.69) is 22.9 Å². The van der Waals surface area contributed by atoms with Gasteiger partial charge in [-0.3, -0.25) is 10.1 Å². The summed E-state index contributed by atoms with van der Waals surface area (Å²) in [5.41, 5.74) is 0.0142. The molecule has 0 radical (unpaired) electrons. The number of nitrogens with zero attached hydrogens (tertiary/aromatic N) is 1. The molecule has 0 heterocycles. The highest BCUT2D eigenvalue weighted by molar-refractivity contribution is 9.10. The first-order valence-corrected chi connectivity index (χ1v) is 7.51. The molecule has 0 aliphatic rings. The van der Waals surface area contributed by atoms with Crippen molar-refractivity contribution < 1.29 is 9.66 Å². The first-order chi connectivity index (χ1) is 9.15. The van der Waals surface area contributed by atoms with E-state index in [-0.39, 0.29) is 5.69 Å². The minimum absolute atomic E-state index is 0.0142. The third-order valence-electron chi connectivity index (χ3n) is 2.87. The van der Waals surface area contributed by atoms with Crippen LogP contribution in [0.25, 0.3) is 0 Å². The summed E-state index contributed by atoms with van der Waals surface area (Å²) in [4.78, 5) is 10.5. The number of hydrogen-bond acceptors (Lipinski definition) is 3. The first kappa shape index (κ1) is 16.0. The quantitative estimate of drug-likeness (QED) is 0.360. The fourth-order valence-corrected chi connectivity index (χ4v) is 2.17. The molecule has 0 aromatic heterocycles. The topological polar surface area (TPSA) is 52.4 Å². The Morgan fingerprint density at radius 2 is 1.89 bits per heavy atom. The number of halogens is 1. The number of hydrogen-bond donors (Lipinski definition) is 0. The van der Waals surface area contributed by atoms with Gasteiger partial charge in [-0.2, -0.15) is 0 Å². The molecule has 0 spiro atoms. The molecule has 0 amide bonds. The van der Waals surface area contributed by atoms with Gasteiger partial charge in [-0.1, -0.05) is 55.0 Å². The van der Waals surface area contributed by atoms with Crippen molar-refractivity contribution >= 4 is 21.6 Å². The number of nitro groups is 1. The van der Waals surface area contributed by atoms with Crippen molar-refractivity contribution in [3.05, 3.63) is 32.8 Å². The molecule has 19 heavy (non-hydrogen) atoms. The average molecular weight is 330 g/mol. The summed E-state index contributed by atoms with van der Waals surface area (Å²) in [6.45, 7) is 2.73. The Morgan fingerprint density at radius 1 is 1.21 bits per heavy atom. The molecule has 0 unspecified atom stereocenters. The first-order valence-electron chi connectivity index (χ1n) is 6.72. The molecular weight excluding hydrogens is 310 g/mol. The lowest BCUT2D eigenvalue weighted by Gasteiger charge is -2.07. The highest BCUT2D eigenvalue weighted by Gasteiger charge is 2.15. The Morgan fingerprint density at radius 3 is 2.58 bits per heavy atom. The summed E-state index contributed by atoms with van der Waals surface area (Å²) >= 11 is 3.22. The fourth-order valence-electron chi connectivity index (χ4n) is 1.82. The van der Waals surface area contributed by atoms with Crippen molar-refractivity contribution in [3.8, 4) is 5.75 Å². The maximum absolute atomic E-state index is 10.9. The van der Waals surface area contributed by atoms with Crippen molar-refractivity contribution in [1.29, 1.82) is 0 Å². The van der Waals surface area contributed by atoms with E-state index in [4.69, 9.17) is 4.74 Å². The van der Waals surface area contributed by atoms with Crippen LogP contribution in [0.5, 0.6) is 5.75 Å². The van der Waals surface area contributed by atoms with Gasteiger partial charge in [-0.25, -0.2) is 0 Å². The number of benzene rings is 1. The van der Waals surface area contributed by atoms with E-state index < -0.39 is 4.92 Å². The molecule has 1 aromatic rings. The van der Waals surface area contributed by atoms with Gasteiger partial charge in [0.2, 0.25) is 0 Å². The van der Waals surface area contributed by atoms with E-state index in [1.54, 1.807) is 12.1 Å². The van der Waals surface area contributed by atoms with Crippen molar-refractivity contribution in [2.24, 2.45) is 0 Å². The lowest BCUT2D eigenvalue weighted by Crippen LogP contribution is -2.00. The summed E-state index contributed by atoms with van der Waals surface area (Å²) in [5, 5.41) is 10.9. The van der Waals surface area contributed by atoms with Crippen LogP contribution in [0.4, 0.5) is 5.69 Å². The van der Waals surface area contributed by atoms with Gasteiger partial charge in [0.1, 0.15) is 0 Å². The summed E-state index contributed by atoms with van der Waals surface area (Å²) < 4.78 is 6.18. The van der Waals surface area contributed by atoms with Crippen LogP contribution in [0, 0.1) is 10.1 Å². The molecule has 0 bridgehead atoms. The monoisotopic (exact) mass is 329 g/mol. The van der Waals surface area contributed by atoms with Gasteiger partial charge in [0.15, 0.2) is 5.75 Å². The van der Waals surface area contributed by atoms with E-state index in [0.717, 1.165) is 12.8 Å². The SMILES string of the molecule is CCCCCCCCOc1ccc(Br)cc1[N+](=O)[O-]. The lowest BCUT2D eigenvalue weighted by atomic mass is 10.1. The molecule has 0 N–H and O–H groups in total. The van der Waals surface area contributed by atoms with E-state index in [9.17, 15) is 10.1 Å². The van der Waals surface area contributed by atoms with Crippen molar-refractivity contribution in [2.75, 3.05) is 6.61 Å². The molecule has 0 aliphatic carbocycles. The van der Waals surface area contributed by atoms with E-state index >= 15 is 0 Å². The van der Waals surface area contributed by atoms with Gasteiger partial charge in [0.05, 0.1) is 11.5 Å². The molecule has 0 saturated carbocycles. The molecule has 0 fully saturated rings. The van der Waals surface area contributed by atoms with Gasteiger partial charge in [0, 0.05) is 10.5 Å². The van der Waals surface area contributed by atoms with E-state index in [0.29, 0.717) is 16.8 Å². The smallest absolute Gasteiger partial charge is 0.312 e. The number of ether oxygens (including phenoxy) is 1. The van der Waals surface area contributed by atoms with Crippen molar-refractivity contribution in [3.63, 3.8) is 0 Å². The standard InChI is InChI=1S/C14H20BrNO3/c1-2-3-4-5-6-7-10-19-14-9-8-12(15)11-13(14)16(17)18/h8-9,11H,2-7,10H2,1H3. The minimum atomic E-state index is -0.415. The molecular formula is C14H20BrNO3. The van der Waals surface area contributed by atoms with E-state index in [1.807, 2.05) is 0 Å². The zero-order chi connectivity index (χ0) is 14.1. The highest BCUT2D eigenvalue weighted by Crippen LogP contribution is 2.30. The van der Waals surface area contributed by atoms with Crippen LogP contribution >= 0.6 is 15.9 Å². The molecule has 5 heteroatoms. The van der Waals surface area contributed by atoms with Crippen LogP contribution < -0.4 is 4.74 Å². The third kappa shape index (κ3) is 6.05. The Hall–Kier alpha value is -1.10. The van der Waals surface area contributed by atoms with Crippen LogP contribution in [0.2, 0.25) is 0 Å². The maximum atomic E-state index is 10.9. The second-order valence-corrected chi connectivity index (χ2v) is 5.40. The largest absolute Gasteiger partial charge is 0.487 e. The van der Waals surface area contributed by atoms with Crippen molar-refractivity contribution in [1.82, 2.24) is 0 Å². The normalized spacial score (nSPS) is 10.4. The van der Waals surface area contributed by atoms with Crippen LogP contribution in [0.1, 0.15) is 45.4 Å². The van der Waals surface area contributed by atoms with Gasteiger partial charge < -0.3 is 4.74 Å². The van der Waals surface area contributed by atoms with Crippen LogP contribution in [-0.4, -0.2) is 11.5 Å². The molecule has 0 aliphatic heterocycles. The second-order valence-electron chi connectivity index (χ2n) is 4.49. The summed E-state index contributed by atoms with van der Waals surface area (Å²) in [6, 6.07) is 4.86. The Balaban J connectivity index is 2.35. The van der Waals surface area contributed by atoms with Gasteiger partial charge in [-0.05, 0) is 18.6 Å². The zero-order valence-electron chi connectivity index (χ0n) is 11.2. The number of unbranched alkanes of at least 4 members (excludes halogenated alkanes) is 5. The Kier molecular flexibility index (Phi) is 7.48. The molecule has 0 atom stereocenters. The number of nitro benzene ring substituents is 1. The van der Waals surface area contributed by atoms with Crippen LogP contribution in [0.3, 0.4) is 0 Å². The molecule has 4 nitrogen and oxygen atoms in total. The van der Waals surface area contributed by atoms with Crippen molar-refractivity contribution in [2.45, 2.75) is 45.4 Å². The third-order valence-corrected chi connectivity index (χ3v) is 3.37. The van der Waals surface area contributed by atoms with Gasteiger partial charge in [0.25, 0.3) is 0 Å². The zero-order valence-corrected chi connectivity index (χ0v) is 12.8.